The number of carbonyl (C=O) groups is 2. The second-order valence-corrected chi connectivity index (χ2v) is 16.7. The molecule has 71 heavy (non-hydrogen) atoms. The summed E-state index contributed by atoms with van der Waals surface area (Å²) in [6.45, 7) is 1.01. The third-order valence-electron chi connectivity index (χ3n) is 12.3. The predicted octanol–water partition coefficient (Wildman–Crippen LogP) is 7.19. The van der Waals surface area contributed by atoms with Gasteiger partial charge in [-0.2, -0.15) is 10.2 Å². The highest BCUT2D eigenvalue weighted by Crippen LogP contribution is 2.37. The van der Waals surface area contributed by atoms with E-state index in [2.05, 4.69) is 20.8 Å². The van der Waals surface area contributed by atoms with Gasteiger partial charge in [0.05, 0.1) is 73.9 Å². The Morgan fingerprint density at radius 1 is 0.704 bits per heavy atom. The van der Waals surface area contributed by atoms with E-state index in [1.54, 1.807) is 120 Å². The highest BCUT2D eigenvalue weighted by molar-refractivity contribution is 5.86. The highest BCUT2D eigenvalue weighted by Gasteiger charge is 2.35. The number of rotatable bonds is 17. The van der Waals surface area contributed by atoms with Crippen molar-refractivity contribution >= 4 is 33.7 Å². The first kappa shape index (κ1) is 47.1. The number of hydrogen-bond acceptors (Lipinski definition) is 10. The lowest BCUT2D eigenvalue weighted by atomic mass is 9.84. The number of fused-ring (bicyclic) bond motifs is 2. The van der Waals surface area contributed by atoms with Crippen LogP contribution in [0.3, 0.4) is 0 Å². The molecule has 5 unspecified atom stereocenters. The quantitative estimate of drug-likeness (QED) is 0.0620. The Labute approximate surface area is 403 Å². The molecular formula is C52H47F2N9O8. The topological polar surface area (TPSA) is 215 Å². The van der Waals surface area contributed by atoms with Crippen LogP contribution in [0.1, 0.15) is 47.8 Å². The van der Waals surface area contributed by atoms with Crippen LogP contribution < -0.4 is 36.3 Å². The summed E-state index contributed by atoms with van der Waals surface area (Å²) in [4.78, 5) is 41.9. The number of methoxy groups -OCH3 is 2. The fourth-order valence-corrected chi connectivity index (χ4v) is 8.87. The van der Waals surface area contributed by atoms with E-state index in [0.717, 1.165) is 15.3 Å². The number of hydrogen-bond donors (Lipinski definition) is 5. The van der Waals surface area contributed by atoms with E-state index in [-0.39, 0.29) is 5.82 Å². The van der Waals surface area contributed by atoms with Crippen molar-refractivity contribution in [1.29, 1.82) is 0 Å². The van der Waals surface area contributed by atoms with Gasteiger partial charge in [-0.05, 0) is 127 Å². The number of aliphatic hydroxyl groups excluding tert-OH is 1. The van der Waals surface area contributed by atoms with Gasteiger partial charge in [-0.15, -0.1) is 0 Å². The molecule has 17 nitrogen and oxygen atoms in total. The maximum Gasteiger partial charge on any atom is 0.333 e. The molecule has 3 heterocycles. The first-order chi connectivity index (χ1) is 34.3. The maximum absolute atomic E-state index is 14.6. The number of nitrogens with zero attached hydrogens (tertiary/aromatic N) is 6. The molecule has 0 spiro atoms. The molecule has 0 bridgehead atoms. The molecule has 0 aliphatic carbocycles. The molecule has 0 saturated carbocycles. The fraction of sp³-hybridized carbons (Fsp3) is 0.173. The lowest BCUT2D eigenvalue weighted by Gasteiger charge is -2.30. The SMILES string of the molecule is COc1cccc(C(Oc2ccc3c(cnn3-c3ccc(F)cc3)c2)C(C)n2c(O)cn(C(NC(N)=O)C(=O)NC(CO)C(c3cccc(OC)c3)c3ccc4c(cnn4-c4ccc(F)cc4)c3)c2=O)c1. The number of benzene rings is 6. The van der Waals surface area contributed by atoms with Gasteiger partial charge in [0.25, 0.3) is 5.91 Å². The molecule has 9 aromatic rings. The highest BCUT2D eigenvalue weighted by atomic mass is 19.1. The number of nitrogens with one attached hydrogen (secondary N) is 2. The Hall–Kier alpha value is -8.97. The molecule has 19 heteroatoms. The minimum absolute atomic E-state index is 0.372. The minimum Gasteiger partial charge on any atom is -0.497 e. The molecule has 3 amide bonds. The number of nitrogens with two attached hydrogens (primary N) is 1. The van der Waals surface area contributed by atoms with Crippen molar-refractivity contribution in [3.05, 3.63) is 191 Å². The molecule has 3 aromatic heterocycles. The number of aromatic nitrogens is 6. The van der Waals surface area contributed by atoms with Crippen molar-refractivity contribution in [2.24, 2.45) is 5.73 Å². The minimum atomic E-state index is -1.84. The van der Waals surface area contributed by atoms with Gasteiger partial charge in [-0.25, -0.2) is 27.7 Å². The van der Waals surface area contributed by atoms with Crippen LogP contribution in [0.5, 0.6) is 23.1 Å². The molecule has 0 aliphatic rings. The van der Waals surface area contributed by atoms with Crippen molar-refractivity contribution in [1.82, 2.24) is 39.3 Å². The van der Waals surface area contributed by atoms with E-state index in [1.807, 2.05) is 18.2 Å². The first-order valence-electron chi connectivity index (χ1n) is 22.3. The summed E-state index contributed by atoms with van der Waals surface area (Å²) in [5, 5.41) is 38.2. The number of primary amides is 1. The third kappa shape index (κ3) is 9.58. The van der Waals surface area contributed by atoms with Crippen LogP contribution >= 0.6 is 0 Å². The molecule has 0 aliphatic heterocycles. The molecule has 5 atom stereocenters. The number of halogens is 2. The van der Waals surface area contributed by atoms with Gasteiger partial charge >= 0.3 is 11.7 Å². The average molecular weight is 964 g/mol. The lowest BCUT2D eigenvalue weighted by molar-refractivity contribution is -0.126. The average Bonchev–Trinajstić information content (AvgIpc) is 4.09. The molecular weight excluding hydrogens is 917 g/mol. The first-order valence-corrected chi connectivity index (χ1v) is 22.3. The Morgan fingerprint density at radius 2 is 1.25 bits per heavy atom. The van der Waals surface area contributed by atoms with E-state index in [4.69, 9.17) is 19.9 Å². The molecule has 9 rings (SSSR count). The molecule has 0 radical (unpaired) electrons. The van der Waals surface area contributed by atoms with Gasteiger partial charge in [0, 0.05) is 16.7 Å². The van der Waals surface area contributed by atoms with Crippen molar-refractivity contribution in [2.75, 3.05) is 20.8 Å². The Morgan fingerprint density at radius 3 is 1.83 bits per heavy atom. The fourth-order valence-electron chi connectivity index (χ4n) is 8.87. The molecule has 362 valence electrons. The van der Waals surface area contributed by atoms with Crippen LogP contribution in [0, 0.1) is 11.6 Å². The lowest BCUT2D eigenvalue weighted by Crippen LogP contribution is -2.52. The zero-order valence-electron chi connectivity index (χ0n) is 38.4. The largest absolute Gasteiger partial charge is 0.497 e. The molecule has 6 N–H and O–H groups in total. The summed E-state index contributed by atoms with van der Waals surface area (Å²) in [6.07, 6.45) is 1.44. The normalized spacial score (nSPS) is 13.5. The summed E-state index contributed by atoms with van der Waals surface area (Å²) in [5.41, 5.74) is 9.21. The van der Waals surface area contributed by atoms with E-state index in [9.17, 15) is 33.4 Å². The molecule has 6 aromatic carbocycles. The van der Waals surface area contributed by atoms with Crippen LogP contribution in [0.4, 0.5) is 13.6 Å². The number of aliphatic hydroxyl groups is 1. The van der Waals surface area contributed by atoms with Crippen molar-refractivity contribution in [3.63, 3.8) is 0 Å². The predicted molar refractivity (Wildman–Crippen MR) is 259 cm³/mol. The van der Waals surface area contributed by atoms with Gasteiger partial charge in [0.2, 0.25) is 5.88 Å². The summed E-state index contributed by atoms with van der Waals surface area (Å²) in [6, 6.07) is 33.3. The summed E-state index contributed by atoms with van der Waals surface area (Å²) < 4.78 is 50.3. The monoisotopic (exact) mass is 963 g/mol. The summed E-state index contributed by atoms with van der Waals surface area (Å²) >= 11 is 0. The van der Waals surface area contributed by atoms with Crippen LogP contribution in [0.2, 0.25) is 0 Å². The smallest absolute Gasteiger partial charge is 0.333 e. The number of aromatic hydroxyl groups is 1. The molecule has 0 fully saturated rings. The van der Waals surface area contributed by atoms with E-state index in [1.165, 1.54) is 38.5 Å². The van der Waals surface area contributed by atoms with Crippen molar-refractivity contribution in [3.8, 4) is 34.5 Å². The Bertz CT molecular complexity index is 3440. The standard InChI is InChI=1S/C52H47F2N9O8/c1-30(48(33-7-5-9-41(24-33)70-3)71-42-19-21-45-35(25-42)27-57-63(45)39-17-13-37(54)14-18-39)61-46(65)28-60(52(61)68)49(59-51(55)67)50(66)58-43(29-64)47(31-6-4-8-40(23-31)69-2)32-10-20-44-34(22-32)26-56-62(44)38-15-11-36(53)12-16-38/h4-28,30,43,47-49,64-65H,29H2,1-3H3,(H,58,66)(H3,55,59,67). The van der Waals surface area contributed by atoms with Crippen LogP contribution in [-0.2, 0) is 4.79 Å². The van der Waals surface area contributed by atoms with E-state index in [0.29, 0.717) is 67.1 Å². The van der Waals surface area contributed by atoms with Crippen LogP contribution in [-0.4, -0.2) is 77.7 Å². The zero-order chi connectivity index (χ0) is 49.9. The van der Waals surface area contributed by atoms with Crippen molar-refractivity contribution in [2.45, 2.75) is 37.2 Å². The Balaban J connectivity index is 1.05. The maximum atomic E-state index is 14.6. The number of imidazole rings is 1. The summed E-state index contributed by atoms with van der Waals surface area (Å²) in [7, 11) is 3.01. The second kappa shape index (κ2) is 19.9. The van der Waals surface area contributed by atoms with E-state index >= 15 is 0 Å². The van der Waals surface area contributed by atoms with Gasteiger partial charge in [0.15, 0.2) is 6.17 Å². The van der Waals surface area contributed by atoms with Gasteiger partial charge in [-0.3, -0.25) is 13.9 Å². The third-order valence-corrected chi connectivity index (χ3v) is 12.3. The molecule has 0 saturated heterocycles. The van der Waals surface area contributed by atoms with Gasteiger partial charge in [-0.1, -0.05) is 30.3 Å². The van der Waals surface area contributed by atoms with Crippen molar-refractivity contribution < 1.29 is 42.8 Å². The number of carbonyl (C=O) groups excluding carboxylic acids is 2. The Kier molecular flexibility index (Phi) is 13.2. The number of ether oxygens (including phenoxy) is 3. The number of urea groups is 1. The number of amides is 3. The van der Waals surface area contributed by atoms with Crippen LogP contribution in [0.15, 0.2) is 157 Å². The van der Waals surface area contributed by atoms with Crippen LogP contribution in [0.25, 0.3) is 33.2 Å². The van der Waals surface area contributed by atoms with Gasteiger partial charge in [0.1, 0.15) is 35.0 Å². The van der Waals surface area contributed by atoms with E-state index < -0.39 is 66.2 Å². The zero-order valence-corrected chi connectivity index (χ0v) is 38.4. The summed E-state index contributed by atoms with van der Waals surface area (Å²) in [5.74, 6) is -1.71. The van der Waals surface area contributed by atoms with Gasteiger partial charge < -0.3 is 40.8 Å². The second-order valence-electron chi connectivity index (χ2n) is 16.7.